The highest BCUT2D eigenvalue weighted by Crippen LogP contribution is 2.38. The van der Waals surface area contributed by atoms with Crippen molar-refractivity contribution in [3.05, 3.63) is 28.8 Å². The summed E-state index contributed by atoms with van der Waals surface area (Å²) in [5.74, 6) is 1.12. The van der Waals surface area contributed by atoms with E-state index in [4.69, 9.17) is 11.6 Å². The Morgan fingerprint density at radius 2 is 1.60 bits per heavy atom. The first-order chi connectivity index (χ1) is 12.0. The predicted octanol–water partition coefficient (Wildman–Crippen LogP) is 2.68. The Balaban J connectivity index is 1.34. The molecule has 0 spiro atoms. The van der Waals surface area contributed by atoms with Crippen molar-refractivity contribution in [2.75, 3.05) is 31.1 Å². The summed E-state index contributed by atoms with van der Waals surface area (Å²) in [4.78, 5) is 5.07. The molecule has 2 N–H and O–H groups in total. The second-order valence-corrected chi connectivity index (χ2v) is 8.64. The molecular weight excluding hydrogens is 336 g/mol. The second kappa shape index (κ2) is 7.07. The van der Waals surface area contributed by atoms with Crippen LogP contribution in [-0.4, -0.2) is 59.5 Å². The van der Waals surface area contributed by atoms with Crippen LogP contribution in [0.25, 0.3) is 0 Å². The van der Waals surface area contributed by atoms with Crippen molar-refractivity contribution in [2.45, 2.75) is 50.9 Å². The zero-order valence-electron chi connectivity index (χ0n) is 14.9. The highest BCUT2D eigenvalue weighted by molar-refractivity contribution is 6.31. The third kappa shape index (κ3) is 3.55. The monoisotopic (exact) mass is 364 g/mol. The first kappa shape index (κ1) is 17.6. The topological polar surface area (TPSA) is 46.9 Å². The standard InChI is InChI=1S/C20H29ClN2O2/c1-13-2-3-17(10-18(13)21)22-6-4-16(5-7-22)23-11-14-8-19(24)20(25)9-15(14)12-23/h2-3,10,14-16,19-20,24-25H,4-9,11-12H2,1H3/t14-,15+,19-,20-/m0/s1. The number of fused-ring (bicyclic) bond motifs is 1. The Kier molecular flexibility index (Phi) is 4.98. The molecule has 0 aromatic heterocycles. The summed E-state index contributed by atoms with van der Waals surface area (Å²) in [6.07, 6.45) is 2.85. The third-order valence-electron chi connectivity index (χ3n) is 6.64. The van der Waals surface area contributed by atoms with Crippen molar-refractivity contribution in [1.29, 1.82) is 0 Å². The van der Waals surface area contributed by atoms with E-state index in [1.54, 1.807) is 0 Å². The molecule has 1 aromatic rings. The van der Waals surface area contributed by atoms with Gasteiger partial charge in [0.2, 0.25) is 0 Å². The molecular formula is C20H29ClN2O2. The van der Waals surface area contributed by atoms with E-state index in [1.165, 1.54) is 18.5 Å². The van der Waals surface area contributed by atoms with E-state index in [1.807, 2.05) is 6.92 Å². The highest BCUT2D eigenvalue weighted by atomic mass is 35.5. The van der Waals surface area contributed by atoms with E-state index in [9.17, 15) is 10.2 Å². The zero-order chi connectivity index (χ0) is 17.6. The van der Waals surface area contributed by atoms with E-state index in [-0.39, 0.29) is 0 Å². The Bertz CT molecular complexity index is 600. The SMILES string of the molecule is Cc1ccc(N2CCC(N3C[C@H]4C[C@H](O)[C@@H](O)C[C@H]4C3)CC2)cc1Cl. The molecule has 0 amide bonds. The normalized spacial score (nSPS) is 34.3. The van der Waals surface area contributed by atoms with Crippen LogP contribution in [0.15, 0.2) is 18.2 Å². The lowest BCUT2D eigenvalue weighted by molar-refractivity contribution is -0.0372. The van der Waals surface area contributed by atoms with Crippen LogP contribution in [0.2, 0.25) is 5.02 Å². The van der Waals surface area contributed by atoms with E-state index < -0.39 is 12.2 Å². The number of piperidine rings is 1. The summed E-state index contributed by atoms with van der Waals surface area (Å²) >= 11 is 6.28. The average molecular weight is 365 g/mol. The molecule has 4 nitrogen and oxygen atoms in total. The van der Waals surface area contributed by atoms with Gasteiger partial charge in [-0.2, -0.15) is 0 Å². The lowest BCUT2D eigenvalue weighted by atomic mass is 9.79. The molecule has 1 saturated carbocycles. The first-order valence-corrected chi connectivity index (χ1v) is 10.0. The number of rotatable bonds is 2. The van der Waals surface area contributed by atoms with Crippen LogP contribution in [0.5, 0.6) is 0 Å². The van der Waals surface area contributed by atoms with Crippen LogP contribution < -0.4 is 4.90 Å². The fourth-order valence-corrected chi connectivity index (χ4v) is 5.18. The van der Waals surface area contributed by atoms with Crippen molar-refractivity contribution in [3.8, 4) is 0 Å². The molecule has 2 aliphatic heterocycles. The number of nitrogens with zero attached hydrogens (tertiary/aromatic N) is 2. The second-order valence-electron chi connectivity index (χ2n) is 8.23. The summed E-state index contributed by atoms with van der Waals surface area (Å²) < 4.78 is 0. The van der Waals surface area contributed by atoms with Gasteiger partial charge in [0.05, 0.1) is 12.2 Å². The van der Waals surface area contributed by atoms with Crippen LogP contribution in [0.4, 0.5) is 5.69 Å². The summed E-state index contributed by atoms with van der Waals surface area (Å²) in [5, 5.41) is 20.7. The van der Waals surface area contributed by atoms with Crippen LogP contribution in [0.1, 0.15) is 31.2 Å². The maximum absolute atomic E-state index is 9.94. The Hall–Kier alpha value is -0.810. The van der Waals surface area contributed by atoms with Crippen molar-refractivity contribution in [2.24, 2.45) is 11.8 Å². The summed E-state index contributed by atoms with van der Waals surface area (Å²) in [6, 6.07) is 7.00. The molecule has 25 heavy (non-hydrogen) atoms. The largest absolute Gasteiger partial charge is 0.390 e. The molecule has 3 aliphatic rings. The minimum atomic E-state index is -0.519. The number of aliphatic hydroxyl groups is 2. The molecule has 0 unspecified atom stereocenters. The quantitative estimate of drug-likeness (QED) is 0.847. The van der Waals surface area contributed by atoms with Crippen molar-refractivity contribution >= 4 is 17.3 Å². The number of halogens is 1. The zero-order valence-corrected chi connectivity index (χ0v) is 15.7. The Morgan fingerprint density at radius 3 is 2.16 bits per heavy atom. The molecule has 0 radical (unpaired) electrons. The number of likely N-dealkylation sites (tertiary alicyclic amines) is 1. The molecule has 1 aromatic carbocycles. The summed E-state index contributed by atoms with van der Waals surface area (Å²) in [7, 11) is 0. The van der Waals surface area contributed by atoms with Gasteiger partial charge in [0.1, 0.15) is 0 Å². The van der Waals surface area contributed by atoms with Gasteiger partial charge in [0.15, 0.2) is 0 Å². The molecule has 4 rings (SSSR count). The molecule has 5 heteroatoms. The fourth-order valence-electron chi connectivity index (χ4n) is 5.01. The van der Waals surface area contributed by atoms with Gasteiger partial charge < -0.3 is 15.1 Å². The first-order valence-electron chi connectivity index (χ1n) is 9.62. The highest BCUT2D eigenvalue weighted by Gasteiger charge is 2.43. The molecule has 4 atom stereocenters. The van der Waals surface area contributed by atoms with Gasteiger partial charge in [-0.05, 0) is 62.1 Å². The van der Waals surface area contributed by atoms with Gasteiger partial charge in [0, 0.05) is 42.9 Å². The van der Waals surface area contributed by atoms with Crippen LogP contribution in [0.3, 0.4) is 0 Å². The number of benzene rings is 1. The lowest BCUT2D eigenvalue weighted by Gasteiger charge is -2.38. The third-order valence-corrected chi connectivity index (χ3v) is 7.05. The van der Waals surface area contributed by atoms with Crippen LogP contribution in [-0.2, 0) is 0 Å². The Morgan fingerprint density at radius 1 is 1.00 bits per heavy atom. The van der Waals surface area contributed by atoms with Crippen molar-refractivity contribution < 1.29 is 10.2 Å². The van der Waals surface area contributed by atoms with Gasteiger partial charge >= 0.3 is 0 Å². The van der Waals surface area contributed by atoms with Gasteiger partial charge in [-0.3, -0.25) is 4.90 Å². The van der Waals surface area contributed by atoms with E-state index in [0.29, 0.717) is 17.9 Å². The van der Waals surface area contributed by atoms with Gasteiger partial charge in [0.25, 0.3) is 0 Å². The summed E-state index contributed by atoms with van der Waals surface area (Å²) in [6.45, 7) is 6.37. The average Bonchev–Trinajstić information content (AvgIpc) is 3.00. The fraction of sp³-hybridized carbons (Fsp3) is 0.700. The molecule has 3 fully saturated rings. The number of hydrogen-bond donors (Lipinski definition) is 2. The van der Waals surface area contributed by atoms with Crippen molar-refractivity contribution in [1.82, 2.24) is 4.90 Å². The van der Waals surface area contributed by atoms with Crippen LogP contribution in [0, 0.1) is 18.8 Å². The molecule has 138 valence electrons. The van der Waals surface area contributed by atoms with E-state index >= 15 is 0 Å². The van der Waals surface area contributed by atoms with Gasteiger partial charge in [-0.15, -0.1) is 0 Å². The predicted molar refractivity (Wildman–Crippen MR) is 101 cm³/mol. The molecule has 2 heterocycles. The van der Waals surface area contributed by atoms with E-state index in [0.717, 1.165) is 49.6 Å². The smallest absolute Gasteiger partial charge is 0.0802 e. The minimum Gasteiger partial charge on any atom is -0.390 e. The maximum atomic E-state index is 9.94. The Labute approximate surface area is 155 Å². The maximum Gasteiger partial charge on any atom is 0.0802 e. The summed E-state index contributed by atoms with van der Waals surface area (Å²) in [5.41, 5.74) is 2.36. The van der Waals surface area contributed by atoms with Crippen molar-refractivity contribution in [3.63, 3.8) is 0 Å². The number of aryl methyl sites for hydroxylation is 1. The lowest BCUT2D eigenvalue weighted by Crippen LogP contribution is -2.44. The number of anilines is 1. The van der Waals surface area contributed by atoms with Gasteiger partial charge in [-0.1, -0.05) is 17.7 Å². The van der Waals surface area contributed by atoms with E-state index in [2.05, 4.69) is 28.0 Å². The molecule has 2 saturated heterocycles. The van der Waals surface area contributed by atoms with Crippen LogP contribution >= 0.6 is 11.6 Å². The minimum absolute atomic E-state index is 0.519. The van der Waals surface area contributed by atoms with Gasteiger partial charge in [-0.25, -0.2) is 0 Å². The molecule has 0 bridgehead atoms. The number of aliphatic hydroxyl groups excluding tert-OH is 2. The molecule has 1 aliphatic carbocycles. The number of hydrogen-bond acceptors (Lipinski definition) is 4.